The molecule has 30 heavy (non-hydrogen) atoms. The molecule has 4 rings (SSSR count). The Morgan fingerprint density at radius 1 is 0.967 bits per heavy atom. The second kappa shape index (κ2) is 9.00. The van der Waals surface area contributed by atoms with Gasteiger partial charge < -0.3 is 4.74 Å². The normalized spacial score (nSPS) is 15.2. The Morgan fingerprint density at radius 2 is 1.63 bits per heavy atom. The predicted molar refractivity (Wildman–Crippen MR) is 118 cm³/mol. The maximum Gasteiger partial charge on any atom is 0.263 e. The minimum Gasteiger partial charge on any atom is -0.475 e. The third-order valence-corrected chi connectivity index (χ3v) is 7.14. The summed E-state index contributed by atoms with van der Waals surface area (Å²) in [4.78, 5) is 9.27. The van der Waals surface area contributed by atoms with E-state index in [1.807, 2.05) is 24.3 Å². The molecule has 7 heteroatoms. The molecule has 1 saturated carbocycles. The number of aryl methyl sites for hydroxylation is 1. The SMILES string of the molecule is Cc1ccccc1S(=O)(=O)Nc1nc2ccccc2nc1OCCC1CCCCC1. The fourth-order valence-electron chi connectivity index (χ4n) is 3.99. The summed E-state index contributed by atoms with van der Waals surface area (Å²) >= 11 is 0. The molecule has 1 N–H and O–H groups in total. The molecule has 0 unspecified atom stereocenters. The molecule has 0 aliphatic heterocycles. The highest BCUT2D eigenvalue weighted by molar-refractivity contribution is 7.92. The van der Waals surface area contributed by atoms with Crippen LogP contribution >= 0.6 is 0 Å². The average molecular weight is 426 g/mol. The van der Waals surface area contributed by atoms with Gasteiger partial charge in [0.2, 0.25) is 5.82 Å². The molecular formula is C23H27N3O3S. The molecule has 1 aliphatic rings. The van der Waals surface area contributed by atoms with Gasteiger partial charge in [-0.3, -0.25) is 4.72 Å². The van der Waals surface area contributed by atoms with Gasteiger partial charge in [0.05, 0.1) is 22.5 Å². The number of benzene rings is 2. The van der Waals surface area contributed by atoms with E-state index in [9.17, 15) is 8.42 Å². The highest BCUT2D eigenvalue weighted by Gasteiger charge is 2.21. The van der Waals surface area contributed by atoms with Gasteiger partial charge in [-0.15, -0.1) is 0 Å². The van der Waals surface area contributed by atoms with Crippen LogP contribution in [0, 0.1) is 12.8 Å². The molecule has 1 aromatic heterocycles. The van der Waals surface area contributed by atoms with Crippen molar-refractivity contribution in [3.05, 3.63) is 54.1 Å². The van der Waals surface area contributed by atoms with E-state index in [-0.39, 0.29) is 16.6 Å². The summed E-state index contributed by atoms with van der Waals surface area (Å²) in [5, 5.41) is 0. The Labute approximate surface area is 177 Å². The first-order chi connectivity index (χ1) is 14.5. The molecule has 158 valence electrons. The van der Waals surface area contributed by atoms with Crippen LogP contribution in [0.1, 0.15) is 44.1 Å². The van der Waals surface area contributed by atoms with Gasteiger partial charge >= 0.3 is 0 Å². The van der Waals surface area contributed by atoms with Crippen LogP contribution < -0.4 is 9.46 Å². The molecular weight excluding hydrogens is 398 g/mol. The Kier molecular flexibility index (Phi) is 6.18. The molecule has 0 radical (unpaired) electrons. The average Bonchev–Trinajstić information content (AvgIpc) is 2.75. The molecule has 1 fully saturated rings. The van der Waals surface area contributed by atoms with Crippen molar-refractivity contribution in [1.82, 2.24) is 9.97 Å². The molecule has 1 aliphatic carbocycles. The summed E-state index contributed by atoms with van der Waals surface area (Å²) in [5.74, 6) is 1.02. The summed E-state index contributed by atoms with van der Waals surface area (Å²) in [6.07, 6.45) is 7.29. The van der Waals surface area contributed by atoms with Crippen molar-refractivity contribution in [2.75, 3.05) is 11.3 Å². The molecule has 1 heterocycles. The van der Waals surface area contributed by atoms with E-state index in [1.54, 1.807) is 31.2 Å². The third-order valence-electron chi connectivity index (χ3n) is 5.64. The van der Waals surface area contributed by atoms with E-state index in [1.165, 1.54) is 32.1 Å². The van der Waals surface area contributed by atoms with E-state index in [4.69, 9.17) is 4.74 Å². The number of nitrogens with zero attached hydrogens (tertiary/aromatic N) is 2. The molecule has 0 amide bonds. The van der Waals surface area contributed by atoms with Crippen LogP contribution in [-0.4, -0.2) is 25.0 Å². The number of ether oxygens (including phenoxy) is 1. The Bertz CT molecular complexity index is 1130. The van der Waals surface area contributed by atoms with E-state index in [2.05, 4.69) is 14.7 Å². The van der Waals surface area contributed by atoms with Crippen molar-refractivity contribution in [3.63, 3.8) is 0 Å². The summed E-state index contributed by atoms with van der Waals surface area (Å²) in [6.45, 7) is 2.26. The Balaban J connectivity index is 1.60. The van der Waals surface area contributed by atoms with Crippen molar-refractivity contribution in [1.29, 1.82) is 0 Å². The van der Waals surface area contributed by atoms with Gasteiger partial charge in [-0.25, -0.2) is 18.4 Å². The Hall–Kier alpha value is -2.67. The van der Waals surface area contributed by atoms with E-state index < -0.39 is 10.0 Å². The molecule has 6 nitrogen and oxygen atoms in total. The monoisotopic (exact) mass is 425 g/mol. The second-order valence-electron chi connectivity index (χ2n) is 7.88. The van der Waals surface area contributed by atoms with Gasteiger partial charge in [0.1, 0.15) is 0 Å². The largest absolute Gasteiger partial charge is 0.475 e. The number of hydrogen-bond acceptors (Lipinski definition) is 5. The zero-order valence-electron chi connectivity index (χ0n) is 17.2. The van der Waals surface area contributed by atoms with Crippen LogP contribution in [0.4, 0.5) is 5.82 Å². The first kappa shape index (κ1) is 20.6. The standard InChI is InChI=1S/C23H27N3O3S/c1-17-9-5-8-14-21(17)30(27,28)26-22-23(25-20-13-7-6-12-19(20)24-22)29-16-15-18-10-3-2-4-11-18/h5-9,12-14,18H,2-4,10-11,15-16H2,1H3,(H,24,26). The fraction of sp³-hybridized carbons (Fsp3) is 0.391. The topological polar surface area (TPSA) is 81.2 Å². The number of rotatable bonds is 7. The van der Waals surface area contributed by atoms with E-state index in [0.717, 1.165) is 6.42 Å². The summed E-state index contributed by atoms with van der Waals surface area (Å²) in [7, 11) is -3.81. The summed E-state index contributed by atoms with van der Waals surface area (Å²) < 4.78 is 34.6. The van der Waals surface area contributed by atoms with Crippen LogP contribution in [0.15, 0.2) is 53.4 Å². The highest BCUT2D eigenvalue weighted by atomic mass is 32.2. The lowest BCUT2D eigenvalue weighted by Crippen LogP contribution is -2.17. The first-order valence-electron chi connectivity index (χ1n) is 10.5. The van der Waals surface area contributed by atoms with Gasteiger partial charge in [0.15, 0.2) is 0 Å². The van der Waals surface area contributed by atoms with Crippen LogP contribution in [0.3, 0.4) is 0 Å². The molecule has 0 spiro atoms. The minimum atomic E-state index is -3.81. The molecule has 0 bridgehead atoms. The van der Waals surface area contributed by atoms with Gasteiger partial charge in [-0.1, -0.05) is 62.4 Å². The molecule has 3 aromatic rings. The lowest BCUT2D eigenvalue weighted by atomic mass is 9.87. The minimum absolute atomic E-state index is 0.126. The number of anilines is 1. The zero-order chi connectivity index (χ0) is 21.0. The molecule has 0 saturated heterocycles. The number of sulfonamides is 1. The predicted octanol–water partition coefficient (Wildman–Crippen LogP) is 5.09. The zero-order valence-corrected chi connectivity index (χ0v) is 18.0. The molecule has 2 aromatic carbocycles. The third kappa shape index (κ3) is 4.73. The number of para-hydroxylation sites is 2. The van der Waals surface area contributed by atoms with Crippen LogP contribution in [0.5, 0.6) is 5.88 Å². The quantitative estimate of drug-likeness (QED) is 0.570. The lowest BCUT2D eigenvalue weighted by Gasteiger charge is -2.21. The van der Waals surface area contributed by atoms with Crippen molar-refractivity contribution in [2.24, 2.45) is 5.92 Å². The van der Waals surface area contributed by atoms with Gasteiger partial charge in [-0.05, 0) is 43.0 Å². The Morgan fingerprint density at radius 3 is 2.37 bits per heavy atom. The van der Waals surface area contributed by atoms with Crippen molar-refractivity contribution in [3.8, 4) is 5.88 Å². The maximum atomic E-state index is 13.0. The first-order valence-corrected chi connectivity index (χ1v) is 12.0. The summed E-state index contributed by atoms with van der Waals surface area (Å²) in [6, 6.07) is 14.2. The van der Waals surface area contributed by atoms with E-state index in [0.29, 0.717) is 29.1 Å². The van der Waals surface area contributed by atoms with Gasteiger partial charge in [0.25, 0.3) is 15.9 Å². The van der Waals surface area contributed by atoms with Gasteiger partial charge in [-0.2, -0.15) is 0 Å². The second-order valence-corrected chi connectivity index (χ2v) is 9.53. The van der Waals surface area contributed by atoms with Crippen molar-refractivity contribution in [2.45, 2.75) is 50.3 Å². The number of fused-ring (bicyclic) bond motifs is 1. The van der Waals surface area contributed by atoms with Crippen LogP contribution in [0.25, 0.3) is 11.0 Å². The maximum absolute atomic E-state index is 13.0. The fourth-order valence-corrected chi connectivity index (χ4v) is 5.24. The smallest absolute Gasteiger partial charge is 0.263 e. The van der Waals surface area contributed by atoms with Crippen molar-refractivity contribution >= 4 is 26.9 Å². The van der Waals surface area contributed by atoms with Crippen LogP contribution in [-0.2, 0) is 10.0 Å². The van der Waals surface area contributed by atoms with Crippen molar-refractivity contribution < 1.29 is 13.2 Å². The highest BCUT2D eigenvalue weighted by Crippen LogP contribution is 2.29. The number of nitrogens with one attached hydrogen (secondary N) is 1. The number of hydrogen-bond donors (Lipinski definition) is 1. The van der Waals surface area contributed by atoms with E-state index >= 15 is 0 Å². The lowest BCUT2D eigenvalue weighted by molar-refractivity contribution is 0.241. The number of aromatic nitrogens is 2. The molecule has 0 atom stereocenters. The summed E-state index contributed by atoms with van der Waals surface area (Å²) in [5.41, 5.74) is 1.95. The van der Waals surface area contributed by atoms with Gasteiger partial charge in [0, 0.05) is 0 Å². The van der Waals surface area contributed by atoms with Crippen LogP contribution in [0.2, 0.25) is 0 Å².